The van der Waals surface area contributed by atoms with Crippen LogP contribution in [0, 0.1) is 10.1 Å². The monoisotopic (exact) mass is 353 g/mol. The van der Waals surface area contributed by atoms with E-state index in [0.717, 1.165) is 12.0 Å². The Morgan fingerprint density at radius 3 is 2.81 bits per heavy atom. The van der Waals surface area contributed by atoms with Gasteiger partial charge < -0.3 is 4.90 Å². The Bertz CT molecular complexity index is 846. The molecule has 26 heavy (non-hydrogen) atoms. The lowest BCUT2D eigenvalue weighted by molar-refractivity contribution is -0.385. The fourth-order valence-electron chi connectivity index (χ4n) is 3.41. The predicted octanol–water partition coefficient (Wildman–Crippen LogP) is 4.16. The predicted molar refractivity (Wildman–Crippen MR) is 104 cm³/mol. The number of hydrazone groups is 1. The average molecular weight is 353 g/mol. The van der Waals surface area contributed by atoms with Gasteiger partial charge in [0.05, 0.1) is 11.1 Å². The highest BCUT2D eigenvalue weighted by molar-refractivity contribution is 5.82. The first-order chi connectivity index (χ1) is 12.3. The molecule has 0 bridgehead atoms. The minimum absolute atomic E-state index is 0.0461. The minimum Gasteiger partial charge on any atom is -0.369 e. The Balaban J connectivity index is 1.74. The van der Waals surface area contributed by atoms with Crippen LogP contribution in [0.4, 0.5) is 17.2 Å². The summed E-state index contributed by atoms with van der Waals surface area (Å²) >= 11 is 0. The van der Waals surface area contributed by atoms with Crippen molar-refractivity contribution >= 4 is 23.4 Å². The summed E-state index contributed by atoms with van der Waals surface area (Å²) < 4.78 is 0. The molecule has 1 aromatic heterocycles. The van der Waals surface area contributed by atoms with Crippen molar-refractivity contribution in [2.45, 2.75) is 38.6 Å². The summed E-state index contributed by atoms with van der Waals surface area (Å²) in [6, 6.07) is 9.26. The van der Waals surface area contributed by atoms with Crippen molar-refractivity contribution in [1.29, 1.82) is 0 Å². The summed E-state index contributed by atoms with van der Waals surface area (Å²) in [5.41, 5.74) is 6.48. The van der Waals surface area contributed by atoms with Gasteiger partial charge in [0.2, 0.25) is 0 Å². The third kappa shape index (κ3) is 3.51. The average Bonchev–Trinajstić information content (AvgIpc) is 2.60. The number of nitro groups is 1. The van der Waals surface area contributed by atoms with E-state index in [9.17, 15) is 10.1 Å². The number of rotatable bonds is 4. The third-order valence-corrected chi connectivity index (χ3v) is 5.01. The first kappa shape index (κ1) is 17.8. The molecule has 2 heterocycles. The Labute approximate surface area is 152 Å². The molecule has 7 nitrogen and oxygen atoms in total. The van der Waals surface area contributed by atoms with E-state index >= 15 is 0 Å². The fraction of sp³-hybridized carbons (Fsp3) is 0.368. The van der Waals surface area contributed by atoms with E-state index in [-0.39, 0.29) is 11.2 Å². The van der Waals surface area contributed by atoms with Crippen molar-refractivity contribution in [2.75, 3.05) is 17.4 Å². The van der Waals surface area contributed by atoms with Gasteiger partial charge in [-0.2, -0.15) is 5.10 Å². The summed E-state index contributed by atoms with van der Waals surface area (Å²) in [7, 11) is 2.14. The molecule has 1 aromatic carbocycles. The van der Waals surface area contributed by atoms with E-state index in [2.05, 4.69) is 60.4 Å². The Hall–Kier alpha value is -2.96. The van der Waals surface area contributed by atoms with Gasteiger partial charge in [0.25, 0.3) is 5.69 Å². The van der Waals surface area contributed by atoms with Crippen LogP contribution in [0.3, 0.4) is 0 Å². The molecular weight excluding hydrogens is 330 g/mol. The van der Waals surface area contributed by atoms with Gasteiger partial charge in [-0.1, -0.05) is 13.0 Å². The number of hydrogen-bond donors (Lipinski definition) is 1. The largest absolute Gasteiger partial charge is 0.369 e. The van der Waals surface area contributed by atoms with Crippen molar-refractivity contribution in [3.63, 3.8) is 0 Å². The van der Waals surface area contributed by atoms with Crippen LogP contribution >= 0.6 is 0 Å². The minimum atomic E-state index is -0.480. The highest BCUT2D eigenvalue weighted by Gasteiger charge is 2.33. The number of pyridine rings is 1. The number of anilines is 2. The Morgan fingerprint density at radius 2 is 2.15 bits per heavy atom. The molecule has 1 aliphatic rings. The van der Waals surface area contributed by atoms with Crippen molar-refractivity contribution in [2.24, 2.45) is 5.10 Å². The molecule has 1 aliphatic heterocycles. The molecule has 0 unspecified atom stereocenters. The first-order valence-corrected chi connectivity index (χ1v) is 8.55. The number of aromatic nitrogens is 1. The molecule has 0 fully saturated rings. The lowest BCUT2D eigenvalue weighted by atomic mass is 9.80. The molecule has 0 saturated carbocycles. The van der Waals surface area contributed by atoms with E-state index in [1.54, 1.807) is 6.21 Å². The number of hydrogen-bond acceptors (Lipinski definition) is 6. The van der Waals surface area contributed by atoms with Gasteiger partial charge in [-0.3, -0.25) is 15.5 Å². The molecule has 136 valence electrons. The SMILES string of the molecule is C[C@H]1CC(C)(C)N(C)c2ccc(/C=N\Nc3ccc([N+](=O)[O-])cn3)cc21. The van der Waals surface area contributed by atoms with Crippen LogP contribution in [0.2, 0.25) is 0 Å². The highest BCUT2D eigenvalue weighted by Crippen LogP contribution is 2.42. The van der Waals surface area contributed by atoms with Crippen LogP contribution in [-0.4, -0.2) is 28.7 Å². The van der Waals surface area contributed by atoms with Gasteiger partial charge in [-0.15, -0.1) is 0 Å². The maximum Gasteiger partial charge on any atom is 0.287 e. The molecule has 2 aromatic rings. The second-order valence-electron chi connectivity index (χ2n) is 7.32. The number of nitrogens with one attached hydrogen (secondary N) is 1. The number of nitrogens with zero attached hydrogens (tertiary/aromatic N) is 4. The molecular formula is C19H23N5O2. The van der Waals surface area contributed by atoms with Crippen molar-refractivity contribution in [1.82, 2.24) is 4.98 Å². The van der Waals surface area contributed by atoms with Gasteiger partial charge in [0.1, 0.15) is 12.0 Å². The molecule has 3 rings (SSSR count). The normalized spacial score (nSPS) is 18.6. The van der Waals surface area contributed by atoms with Crippen LogP contribution in [-0.2, 0) is 0 Å². The van der Waals surface area contributed by atoms with Crippen molar-refractivity contribution < 1.29 is 4.92 Å². The van der Waals surface area contributed by atoms with Gasteiger partial charge >= 0.3 is 0 Å². The standard InChI is InChI=1S/C19H23N5O2/c1-13-10-19(2,3)23(4)17-7-5-14(9-16(13)17)11-21-22-18-8-6-15(12-20-18)24(25)26/h5-9,11-13H,10H2,1-4H3,(H,20,22)/b21-11-/t13-/m0/s1. The van der Waals surface area contributed by atoms with Crippen LogP contribution < -0.4 is 10.3 Å². The second kappa shape index (κ2) is 6.74. The molecule has 0 aliphatic carbocycles. The van der Waals surface area contributed by atoms with E-state index < -0.39 is 4.92 Å². The summed E-state index contributed by atoms with van der Waals surface area (Å²) in [5, 5.41) is 14.8. The zero-order valence-electron chi connectivity index (χ0n) is 15.4. The first-order valence-electron chi connectivity index (χ1n) is 8.55. The smallest absolute Gasteiger partial charge is 0.287 e. The van der Waals surface area contributed by atoms with Crippen LogP contribution in [0.1, 0.15) is 44.2 Å². The summed E-state index contributed by atoms with van der Waals surface area (Å²) in [6.07, 6.45) is 4.04. The summed E-state index contributed by atoms with van der Waals surface area (Å²) in [5.74, 6) is 0.938. The quantitative estimate of drug-likeness (QED) is 0.507. The lowest BCUT2D eigenvalue weighted by Gasteiger charge is -2.45. The van der Waals surface area contributed by atoms with Crippen LogP contribution in [0.15, 0.2) is 41.6 Å². The van der Waals surface area contributed by atoms with Crippen molar-refractivity contribution in [3.05, 3.63) is 57.8 Å². The molecule has 1 N–H and O–H groups in total. The van der Waals surface area contributed by atoms with Gasteiger partial charge in [-0.05, 0) is 55.5 Å². The van der Waals surface area contributed by atoms with E-state index in [4.69, 9.17) is 0 Å². The summed E-state index contributed by atoms with van der Waals surface area (Å²) in [6.45, 7) is 6.79. The van der Waals surface area contributed by atoms with Crippen LogP contribution in [0.25, 0.3) is 0 Å². The van der Waals surface area contributed by atoms with E-state index in [1.807, 2.05) is 6.07 Å². The zero-order chi connectivity index (χ0) is 18.9. The second-order valence-corrected chi connectivity index (χ2v) is 7.32. The molecule has 1 atom stereocenters. The van der Waals surface area contributed by atoms with Crippen LogP contribution in [0.5, 0.6) is 0 Å². The maximum absolute atomic E-state index is 10.6. The molecule has 7 heteroatoms. The molecule has 0 radical (unpaired) electrons. The third-order valence-electron chi connectivity index (χ3n) is 5.01. The fourth-order valence-corrected chi connectivity index (χ4v) is 3.41. The number of fused-ring (bicyclic) bond motifs is 1. The van der Waals surface area contributed by atoms with E-state index in [0.29, 0.717) is 11.7 Å². The van der Waals surface area contributed by atoms with Crippen molar-refractivity contribution in [3.8, 4) is 0 Å². The Morgan fingerprint density at radius 1 is 1.38 bits per heavy atom. The molecule has 0 amide bonds. The number of benzene rings is 1. The molecule has 0 spiro atoms. The van der Waals surface area contributed by atoms with E-state index in [1.165, 1.54) is 29.6 Å². The van der Waals surface area contributed by atoms with Gasteiger partial charge in [-0.25, -0.2) is 4.98 Å². The van der Waals surface area contributed by atoms with Gasteiger partial charge in [0, 0.05) is 24.3 Å². The maximum atomic E-state index is 10.6. The highest BCUT2D eigenvalue weighted by atomic mass is 16.6. The molecule has 0 saturated heterocycles. The van der Waals surface area contributed by atoms with Gasteiger partial charge in [0.15, 0.2) is 0 Å². The lowest BCUT2D eigenvalue weighted by Crippen LogP contribution is -2.45. The summed E-state index contributed by atoms with van der Waals surface area (Å²) in [4.78, 5) is 16.5. The topological polar surface area (TPSA) is 83.7 Å². The zero-order valence-corrected chi connectivity index (χ0v) is 15.4. The Kier molecular flexibility index (Phi) is 4.63.